The van der Waals surface area contributed by atoms with Crippen LogP contribution in [0.3, 0.4) is 0 Å². The molecule has 1 aromatic heterocycles. The average Bonchev–Trinajstić information content (AvgIpc) is 2.29. The van der Waals surface area contributed by atoms with Crippen molar-refractivity contribution in [3.8, 4) is 0 Å². The fourth-order valence-electron chi connectivity index (χ4n) is 2.05. The molecule has 1 atom stereocenters. The Bertz CT molecular complexity index is 359. The van der Waals surface area contributed by atoms with Crippen LogP contribution in [0, 0.1) is 0 Å². The number of nitrogens with zero attached hydrogens (tertiary/aromatic N) is 4. The summed E-state index contributed by atoms with van der Waals surface area (Å²) in [5.41, 5.74) is 11.4. The van der Waals surface area contributed by atoms with Gasteiger partial charge in [-0.05, 0) is 13.0 Å². The predicted octanol–water partition coefficient (Wildman–Crippen LogP) is -0.472. The van der Waals surface area contributed by atoms with Gasteiger partial charge in [0.1, 0.15) is 5.82 Å². The summed E-state index contributed by atoms with van der Waals surface area (Å²) >= 11 is 0. The van der Waals surface area contributed by atoms with Gasteiger partial charge in [0.25, 0.3) is 0 Å². The van der Waals surface area contributed by atoms with Gasteiger partial charge in [-0.3, -0.25) is 4.90 Å². The molecule has 0 amide bonds. The maximum absolute atomic E-state index is 5.79. The Kier molecular flexibility index (Phi) is 3.75. The molecule has 0 spiro atoms. The molecular weight excluding hydrogens is 216 g/mol. The van der Waals surface area contributed by atoms with E-state index in [0.717, 1.165) is 38.7 Å². The molecule has 17 heavy (non-hydrogen) atoms. The van der Waals surface area contributed by atoms with Crippen molar-refractivity contribution in [3.05, 3.63) is 12.3 Å². The number of rotatable bonds is 3. The molecule has 4 N–H and O–H groups in total. The Labute approximate surface area is 102 Å². The first-order valence-electron chi connectivity index (χ1n) is 5.96. The standard InChI is InChI=1S/C11H20N6/c1-9(12)8-16-4-6-17(7-5-16)11-14-3-2-10(13)15-11/h2-3,9H,4-8,12H2,1H3,(H2,13,14,15). The number of nitrogen functional groups attached to an aromatic ring is 1. The van der Waals surface area contributed by atoms with E-state index in [1.54, 1.807) is 12.3 Å². The Morgan fingerprint density at radius 3 is 2.65 bits per heavy atom. The lowest BCUT2D eigenvalue weighted by atomic mass is 10.2. The molecule has 0 aliphatic carbocycles. The first-order valence-corrected chi connectivity index (χ1v) is 5.96. The molecule has 0 radical (unpaired) electrons. The number of nitrogens with two attached hydrogens (primary N) is 2. The molecule has 1 aromatic rings. The van der Waals surface area contributed by atoms with Crippen LogP contribution >= 0.6 is 0 Å². The summed E-state index contributed by atoms with van der Waals surface area (Å²) in [6, 6.07) is 1.93. The van der Waals surface area contributed by atoms with Crippen molar-refractivity contribution in [2.45, 2.75) is 13.0 Å². The quantitative estimate of drug-likeness (QED) is 0.738. The van der Waals surface area contributed by atoms with Gasteiger partial charge >= 0.3 is 0 Å². The molecule has 0 bridgehead atoms. The highest BCUT2D eigenvalue weighted by Crippen LogP contribution is 2.11. The molecular formula is C11H20N6. The third-order valence-corrected chi connectivity index (χ3v) is 2.87. The average molecular weight is 236 g/mol. The van der Waals surface area contributed by atoms with Crippen LogP contribution in [0.15, 0.2) is 12.3 Å². The highest BCUT2D eigenvalue weighted by atomic mass is 15.3. The minimum Gasteiger partial charge on any atom is -0.384 e. The van der Waals surface area contributed by atoms with Crippen LogP contribution in [0.4, 0.5) is 11.8 Å². The molecule has 2 heterocycles. The minimum absolute atomic E-state index is 0.227. The van der Waals surface area contributed by atoms with Crippen LogP contribution < -0.4 is 16.4 Å². The van der Waals surface area contributed by atoms with E-state index < -0.39 is 0 Å². The van der Waals surface area contributed by atoms with E-state index in [4.69, 9.17) is 11.5 Å². The normalized spacial score (nSPS) is 19.3. The molecule has 0 aromatic carbocycles. The predicted molar refractivity (Wildman–Crippen MR) is 68.7 cm³/mol. The van der Waals surface area contributed by atoms with Gasteiger partial charge < -0.3 is 16.4 Å². The molecule has 1 unspecified atom stereocenters. The molecule has 1 aliphatic heterocycles. The third kappa shape index (κ3) is 3.28. The maximum atomic E-state index is 5.79. The second-order valence-corrected chi connectivity index (χ2v) is 4.55. The van der Waals surface area contributed by atoms with Crippen molar-refractivity contribution in [2.24, 2.45) is 5.73 Å². The zero-order valence-corrected chi connectivity index (χ0v) is 10.2. The van der Waals surface area contributed by atoms with Crippen LogP contribution in [0.1, 0.15) is 6.92 Å². The highest BCUT2D eigenvalue weighted by Gasteiger charge is 2.19. The SMILES string of the molecule is CC(N)CN1CCN(c2nccc(N)n2)CC1. The van der Waals surface area contributed by atoms with E-state index in [-0.39, 0.29) is 6.04 Å². The van der Waals surface area contributed by atoms with Crippen molar-refractivity contribution >= 4 is 11.8 Å². The lowest BCUT2D eigenvalue weighted by molar-refractivity contribution is 0.245. The molecule has 1 fully saturated rings. The number of piperazine rings is 1. The first kappa shape index (κ1) is 12.1. The summed E-state index contributed by atoms with van der Waals surface area (Å²) < 4.78 is 0. The molecule has 6 heteroatoms. The summed E-state index contributed by atoms with van der Waals surface area (Å²) in [5, 5.41) is 0. The molecule has 1 saturated heterocycles. The number of anilines is 2. The Balaban J connectivity index is 1.91. The summed E-state index contributed by atoms with van der Waals surface area (Å²) in [6.45, 7) is 6.84. The Morgan fingerprint density at radius 1 is 1.35 bits per heavy atom. The van der Waals surface area contributed by atoms with Crippen molar-refractivity contribution < 1.29 is 0 Å². The molecule has 94 valence electrons. The highest BCUT2D eigenvalue weighted by molar-refractivity contribution is 5.38. The summed E-state index contributed by atoms with van der Waals surface area (Å²) in [7, 11) is 0. The Hall–Kier alpha value is -1.40. The monoisotopic (exact) mass is 236 g/mol. The first-order chi connectivity index (χ1) is 8.15. The lowest BCUT2D eigenvalue weighted by Crippen LogP contribution is -2.49. The van der Waals surface area contributed by atoms with Crippen molar-refractivity contribution in [1.82, 2.24) is 14.9 Å². The van der Waals surface area contributed by atoms with Crippen molar-refractivity contribution in [3.63, 3.8) is 0 Å². The smallest absolute Gasteiger partial charge is 0.227 e. The van der Waals surface area contributed by atoms with E-state index in [0.29, 0.717) is 5.82 Å². The van der Waals surface area contributed by atoms with Crippen LogP contribution in [0.5, 0.6) is 0 Å². The molecule has 0 saturated carbocycles. The van der Waals surface area contributed by atoms with Gasteiger partial charge in [-0.15, -0.1) is 0 Å². The van der Waals surface area contributed by atoms with E-state index in [2.05, 4.69) is 19.8 Å². The van der Waals surface area contributed by atoms with Gasteiger partial charge in [-0.25, -0.2) is 4.98 Å². The minimum atomic E-state index is 0.227. The molecule has 1 aliphatic rings. The van der Waals surface area contributed by atoms with E-state index in [9.17, 15) is 0 Å². The van der Waals surface area contributed by atoms with Gasteiger partial charge in [0.2, 0.25) is 5.95 Å². The van der Waals surface area contributed by atoms with Gasteiger partial charge in [0, 0.05) is 45.0 Å². The lowest BCUT2D eigenvalue weighted by Gasteiger charge is -2.35. The summed E-state index contributed by atoms with van der Waals surface area (Å²) in [4.78, 5) is 13.0. The van der Waals surface area contributed by atoms with Gasteiger partial charge in [0.05, 0.1) is 0 Å². The topological polar surface area (TPSA) is 84.3 Å². The zero-order valence-electron chi connectivity index (χ0n) is 10.2. The molecule has 2 rings (SSSR count). The van der Waals surface area contributed by atoms with Crippen LogP contribution in [0.25, 0.3) is 0 Å². The fraction of sp³-hybridized carbons (Fsp3) is 0.636. The third-order valence-electron chi connectivity index (χ3n) is 2.87. The van der Waals surface area contributed by atoms with Crippen LogP contribution in [0.2, 0.25) is 0 Å². The van der Waals surface area contributed by atoms with Gasteiger partial charge in [-0.1, -0.05) is 0 Å². The van der Waals surface area contributed by atoms with E-state index in [1.165, 1.54) is 0 Å². The number of aromatic nitrogens is 2. The van der Waals surface area contributed by atoms with Crippen molar-refractivity contribution in [1.29, 1.82) is 0 Å². The van der Waals surface area contributed by atoms with Crippen molar-refractivity contribution in [2.75, 3.05) is 43.4 Å². The van der Waals surface area contributed by atoms with Gasteiger partial charge in [0.15, 0.2) is 0 Å². The number of hydrogen-bond acceptors (Lipinski definition) is 6. The summed E-state index contributed by atoms with van der Waals surface area (Å²) in [5.74, 6) is 1.25. The Morgan fingerprint density at radius 2 is 2.06 bits per heavy atom. The van der Waals surface area contributed by atoms with Crippen LogP contribution in [-0.4, -0.2) is 53.6 Å². The van der Waals surface area contributed by atoms with Gasteiger partial charge in [-0.2, -0.15) is 4.98 Å². The number of hydrogen-bond donors (Lipinski definition) is 2. The molecule has 6 nitrogen and oxygen atoms in total. The van der Waals surface area contributed by atoms with E-state index >= 15 is 0 Å². The van der Waals surface area contributed by atoms with Crippen LogP contribution in [-0.2, 0) is 0 Å². The summed E-state index contributed by atoms with van der Waals surface area (Å²) in [6.07, 6.45) is 1.70. The zero-order chi connectivity index (χ0) is 12.3. The maximum Gasteiger partial charge on any atom is 0.227 e. The largest absolute Gasteiger partial charge is 0.384 e. The van der Waals surface area contributed by atoms with E-state index in [1.807, 2.05) is 6.92 Å². The second kappa shape index (κ2) is 5.29. The fourth-order valence-corrected chi connectivity index (χ4v) is 2.05. The second-order valence-electron chi connectivity index (χ2n) is 4.55.